The molecule has 1 heterocycles. The van der Waals surface area contributed by atoms with Gasteiger partial charge < -0.3 is 15.4 Å². The van der Waals surface area contributed by atoms with Crippen LogP contribution in [0.25, 0.3) is 0 Å². The van der Waals surface area contributed by atoms with E-state index in [1.165, 1.54) is 25.7 Å². The highest BCUT2D eigenvalue weighted by Crippen LogP contribution is 2.39. The zero-order valence-electron chi connectivity index (χ0n) is 12.4. The van der Waals surface area contributed by atoms with E-state index in [1.54, 1.807) is 0 Å². The SMILES string of the molecule is Cc1c(N)nc(C2CC2)nc1N(C)CCOCC1CC1. The smallest absolute Gasteiger partial charge is 0.137 e. The number of rotatable bonds is 7. The third-order valence-corrected chi connectivity index (χ3v) is 4.10. The molecule has 0 saturated heterocycles. The van der Waals surface area contributed by atoms with E-state index < -0.39 is 0 Å². The Morgan fingerprint density at radius 3 is 2.65 bits per heavy atom. The van der Waals surface area contributed by atoms with E-state index in [4.69, 9.17) is 15.5 Å². The second-order valence-electron chi connectivity index (χ2n) is 6.13. The molecule has 0 atom stereocenters. The fraction of sp³-hybridized carbons (Fsp3) is 0.733. The van der Waals surface area contributed by atoms with Crippen LogP contribution in [0.4, 0.5) is 11.6 Å². The lowest BCUT2D eigenvalue weighted by atomic mass is 10.2. The Kier molecular flexibility index (Phi) is 3.78. The van der Waals surface area contributed by atoms with E-state index in [-0.39, 0.29) is 0 Å². The number of anilines is 2. The molecule has 0 aliphatic heterocycles. The fourth-order valence-corrected chi connectivity index (χ4v) is 2.28. The molecule has 2 aliphatic carbocycles. The number of ether oxygens (including phenoxy) is 1. The third-order valence-electron chi connectivity index (χ3n) is 4.10. The molecule has 1 aromatic heterocycles. The maximum absolute atomic E-state index is 6.02. The number of aromatic nitrogens is 2. The van der Waals surface area contributed by atoms with Crippen molar-refractivity contribution >= 4 is 11.6 Å². The molecule has 0 aromatic carbocycles. The van der Waals surface area contributed by atoms with E-state index in [9.17, 15) is 0 Å². The number of nitrogens with two attached hydrogens (primary N) is 1. The number of likely N-dealkylation sites (N-methyl/N-ethyl adjacent to an activating group) is 1. The number of hydrogen-bond acceptors (Lipinski definition) is 5. The predicted octanol–water partition coefficient (Wildman–Crippen LogP) is 2.11. The minimum Gasteiger partial charge on any atom is -0.383 e. The molecule has 5 nitrogen and oxygen atoms in total. The van der Waals surface area contributed by atoms with Crippen molar-refractivity contribution in [2.75, 3.05) is 37.4 Å². The van der Waals surface area contributed by atoms with E-state index in [0.29, 0.717) is 11.7 Å². The Morgan fingerprint density at radius 1 is 1.25 bits per heavy atom. The summed E-state index contributed by atoms with van der Waals surface area (Å²) in [5.41, 5.74) is 6.99. The van der Waals surface area contributed by atoms with Gasteiger partial charge >= 0.3 is 0 Å². The van der Waals surface area contributed by atoms with Crippen molar-refractivity contribution in [1.82, 2.24) is 9.97 Å². The van der Waals surface area contributed by atoms with Gasteiger partial charge in [0.2, 0.25) is 0 Å². The first-order chi connectivity index (χ1) is 9.65. The van der Waals surface area contributed by atoms with Crippen LogP contribution in [0.2, 0.25) is 0 Å². The molecule has 0 amide bonds. The van der Waals surface area contributed by atoms with E-state index in [2.05, 4.69) is 9.88 Å². The van der Waals surface area contributed by atoms with Crippen LogP contribution in [0.1, 0.15) is 43.0 Å². The van der Waals surface area contributed by atoms with Crippen molar-refractivity contribution in [2.24, 2.45) is 5.92 Å². The molecule has 3 rings (SSSR count). The van der Waals surface area contributed by atoms with Gasteiger partial charge in [0.15, 0.2) is 0 Å². The maximum Gasteiger partial charge on any atom is 0.137 e. The number of nitrogen functional groups attached to an aromatic ring is 1. The van der Waals surface area contributed by atoms with Crippen molar-refractivity contribution < 1.29 is 4.74 Å². The van der Waals surface area contributed by atoms with Crippen LogP contribution in [-0.2, 0) is 4.74 Å². The Bertz CT molecular complexity index is 483. The molecule has 110 valence electrons. The summed E-state index contributed by atoms with van der Waals surface area (Å²) >= 11 is 0. The van der Waals surface area contributed by atoms with Gasteiger partial charge in [-0.25, -0.2) is 9.97 Å². The monoisotopic (exact) mass is 276 g/mol. The molecule has 2 fully saturated rings. The van der Waals surface area contributed by atoms with Crippen molar-refractivity contribution in [3.63, 3.8) is 0 Å². The van der Waals surface area contributed by atoms with Crippen LogP contribution in [0.3, 0.4) is 0 Å². The molecule has 1 aromatic rings. The zero-order valence-corrected chi connectivity index (χ0v) is 12.4. The second-order valence-corrected chi connectivity index (χ2v) is 6.13. The minimum absolute atomic E-state index is 0.524. The zero-order chi connectivity index (χ0) is 14.1. The van der Waals surface area contributed by atoms with Gasteiger partial charge in [-0.05, 0) is 38.5 Å². The van der Waals surface area contributed by atoms with Crippen LogP contribution in [0.5, 0.6) is 0 Å². The summed E-state index contributed by atoms with van der Waals surface area (Å²) in [6, 6.07) is 0. The lowest BCUT2D eigenvalue weighted by Gasteiger charge is -2.21. The maximum atomic E-state index is 6.02. The van der Waals surface area contributed by atoms with Crippen molar-refractivity contribution in [3.05, 3.63) is 11.4 Å². The standard InChI is InChI=1S/C15H24N4O/c1-10-13(16)17-14(12-5-6-12)18-15(10)19(2)7-8-20-9-11-3-4-11/h11-12H,3-9H2,1-2H3,(H2,16,17,18). The average molecular weight is 276 g/mol. The van der Waals surface area contributed by atoms with Crippen LogP contribution >= 0.6 is 0 Å². The van der Waals surface area contributed by atoms with Crippen LogP contribution < -0.4 is 10.6 Å². The Hall–Kier alpha value is -1.36. The number of hydrogen-bond donors (Lipinski definition) is 1. The molecular formula is C15H24N4O. The summed E-state index contributed by atoms with van der Waals surface area (Å²) in [5.74, 6) is 3.82. The van der Waals surface area contributed by atoms with Crippen LogP contribution in [0.15, 0.2) is 0 Å². The number of nitrogens with zero attached hydrogens (tertiary/aromatic N) is 3. The van der Waals surface area contributed by atoms with Gasteiger partial charge in [-0.15, -0.1) is 0 Å². The Morgan fingerprint density at radius 2 is 2.00 bits per heavy atom. The largest absolute Gasteiger partial charge is 0.383 e. The molecule has 20 heavy (non-hydrogen) atoms. The van der Waals surface area contributed by atoms with Crippen molar-refractivity contribution in [3.8, 4) is 0 Å². The summed E-state index contributed by atoms with van der Waals surface area (Å²) in [5, 5.41) is 0. The van der Waals surface area contributed by atoms with E-state index in [1.807, 2.05) is 14.0 Å². The van der Waals surface area contributed by atoms with Gasteiger partial charge in [-0.3, -0.25) is 0 Å². The topological polar surface area (TPSA) is 64.3 Å². The van der Waals surface area contributed by atoms with Gasteiger partial charge in [0.25, 0.3) is 0 Å². The van der Waals surface area contributed by atoms with Crippen LogP contribution in [0, 0.1) is 12.8 Å². The normalized spacial score (nSPS) is 18.3. The summed E-state index contributed by atoms with van der Waals surface area (Å²) in [7, 11) is 2.05. The molecule has 2 N–H and O–H groups in total. The summed E-state index contributed by atoms with van der Waals surface area (Å²) in [6.07, 6.45) is 5.05. The van der Waals surface area contributed by atoms with E-state index in [0.717, 1.165) is 42.9 Å². The molecule has 0 unspecified atom stereocenters. The van der Waals surface area contributed by atoms with Gasteiger partial charge in [-0.2, -0.15) is 0 Å². The first-order valence-corrected chi connectivity index (χ1v) is 7.58. The van der Waals surface area contributed by atoms with Gasteiger partial charge in [0, 0.05) is 31.7 Å². The van der Waals surface area contributed by atoms with Gasteiger partial charge in [0.05, 0.1) is 6.61 Å². The highest BCUT2D eigenvalue weighted by Gasteiger charge is 2.28. The molecule has 0 spiro atoms. The van der Waals surface area contributed by atoms with Crippen molar-refractivity contribution in [1.29, 1.82) is 0 Å². The highest BCUT2D eigenvalue weighted by molar-refractivity contribution is 5.56. The lowest BCUT2D eigenvalue weighted by Crippen LogP contribution is -2.25. The molecule has 2 saturated carbocycles. The second kappa shape index (κ2) is 5.56. The lowest BCUT2D eigenvalue weighted by molar-refractivity contribution is 0.130. The summed E-state index contributed by atoms with van der Waals surface area (Å²) in [4.78, 5) is 11.2. The Labute approximate surface area is 120 Å². The van der Waals surface area contributed by atoms with Crippen LogP contribution in [-0.4, -0.2) is 36.8 Å². The molecule has 0 radical (unpaired) electrons. The first-order valence-electron chi connectivity index (χ1n) is 7.58. The third kappa shape index (κ3) is 3.20. The summed E-state index contributed by atoms with van der Waals surface area (Å²) in [6.45, 7) is 4.48. The minimum atomic E-state index is 0.524. The molecule has 2 aliphatic rings. The Balaban J connectivity index is 1.61. The quantitative estimate of drug-likeness (QED) is 0.773. The van der Waals surface area contributed by atoms with Gasteiger partial charge in [-0.1, -0.05) is 0 Å². The van der Waals surface area contributed by atoms with Crippen molar-refractivity contribution in [2.45, 2.75) is 38.5 Å². The average Bonchev–Trinajstić information content (AvgIpc) is 3.28. The highest BCUT2D eigenvalue weighted by atomic mass is 16.5. The predicted molar refractivity (Wildman–Crippen MR) is 80.0 cm³/mol. The van der Waals surface area contributed by atoms with Gasteiger partial charge in [0.1, 0.15) is 17.5 Å². The first kappa shape index (κ1) is 13.6. The molecule has 5 heteroatoms. The molecule has 0 bridgehead atoms. The summed E-state index contributed by atoms with van der Waals surface area (Å²) < 4.78 is 5.69. The van der Waals surface area contributed by atoms with E-state index >= 15 is 0 Å². The fourth-order valence-electron chi connectivity index (χ4n) is 2.28. The molecular weight excluding hydrogens is 252 g/mol.